The summed E-state index contributed by atoms with van der Waals surface area (Å²) in [5.74, 6) is 0. The molecule has 1 aromatic heterocycles. The minimum Gasteiger partial charge on any atom is -0.330 e. The van der Waals surface area contributed by atoms with Crippen molar-refractivity contribution in [2.45, 2.75) is 6.42 Å². The monoisotopic (exact) mass is 188 g/mol. The van der Waals surface area contributed by atoms with Gasteiger partial charge in [-0.1, -0.05) is 12.1 Å². The van der Waals surface area contributed by atoms with E-state index in [2.05, 4.69) is 22.2 Å². The van der Waals surface area contributed by atoms with Crippen molar-refractivity contribution in [1.82, 2.24) is 14.8 Å². The van der Waals surface area contributed by atoms with E-state index < -0.39 is 0 Å². The zero-order valence-corrected chi connectivity index (χ0v) is 7.80. The lowest BCUT2D eigenvalue weighted by Gasteiger charge is -2.02. The molecule has 2 aromatic rings. The van der Waals surface area contributed by atoms with Gasteiger partial charge in [-0.05, 0) is 30.7 Å². The maximum Gasteiger partial charge on any atom is 0.138 e. The third-order valence-corrected chi connectivity index (χ3v) is 2.05. The Morgan fingerprint density at radius 3 is 2.57 bits per heavy atom. The van der Waals surface area contributed by atoms with Crippen molar-refractivity contribution < 1.29 is 0 Å². The fourth-order valence-corrected chi connectivity index (χ4v) is 1.32. The van der Waals surface area contributed by atoms with Gasteiger partial charge in [0.05, 0.1) is 5.69 Å². The molecule has 0 saturated heterocycles. The van der Waals surface area contributed by atoms with Crippen molar-refractivity contribution in [2.75, 3.05) is 6.54 Å². The van der Waals surface area contributed by atoms with Gasteiger partial charge >= 0.3 is 0 Å². The molecule has 0 atom stereocenters. The van der Waals surface area contributed by atoms with E-state index in [9.17, 15) is 0 Å². The third kappa shape index (κ3) is 1.80. The SMILES string of the molecule is NCCc1ccc(-n2cncn2)cc1. The lowest BCUT2D eigenvalue weighted by molar-refractivity contribution is 0.876. The van der Waals surface area contributed by atoms with Crippen LogP contribution in [0.5, 0.6) is 0 Å². The first kappa shape index (κ1) is 8.90. The predicted molar refractivity (Wildman–Crippen MR) is 54.1 cm³/mol. The molecule has 14 heavy (non-hydrogen) atoms. The fraction of sp³-hybridized carbons (Fsp3) is 0.200. The summed E-state index contributed by atoms with van der Waals surface area (Å²) in [6.45, 7) is 0.683. The maximum atomic E-state index is 5.47. The summed E-state index contributed by atoms with van der Waals surface area (Å²) in [5, 5.41) is 4.04. The quantitative estimate of drug-likeness (QED) is 0.774. The lowest BCUT2D eigenvalue weighted by atomic mass is 10.1. The number of nitrogens with zero attached hydrogens (tertiary/aromatic N) is 3. The summed E-state index contributed by atoms with van der Waals surface area (Å²) in [7, 11) is 0. The van der Waals surface area contributed by atoms with Crippen LogP contribution in [0, 0.1) is 0 Å². The summed E-state index contributed by atoms with van der Waals surface area (Å²) in [5.41, 5.74) is 7.73. The van der Waals surface area contributed by atoms with Crippen LogP contribution in [0.1, 0.15) is 5.56 Å². The molecule has 0 aliphatic carbocycles. The Kier molecular flexibility index (Phi) is 2.55. The molecule has 4 heteroatoms. The van der Waals surface area contributed by atoms with Crippen LogP contribution in [0.4, 0.5) is 0 Å². The van der Waals surface area contributed by atoms with Gasteiger partial charge in [0.1, 0.15) is 12.7 Å². The van der Waals surface area contributed by atoms with E-state index in [0.717, 1.165) is 12.1 Å². The first-order valence-corrected chi connectivity index (χ1v) is 4.54. The molecule has 1 heterocycles. The van der Waals surface area contributed by atoms with Gasteiger partial charge < -0.3 is 5.73 Å². The largest absolute Gasteiger partial charge is 0.330 e. The third-order valence-electron chi connectivity index (χ3n) is 2.05. The van der Waals surface area contributed by atoms with Gasteiger partial charge in [0.25, 0.3) is 0 Å². The van der Waals surface area contributed by atoms with Crippen molar-refractivity contribution in [1.29, 1.82) is 0 Å². The van der Waals surface area contributed by atoms with E-state index in [4.69, 9.17) is 5.73 Å². The fourth-order valence-electron chi connectivity index (χ4n) is 1.32. The Bertz CT molecular complexity index is 377. The molecule has 1 aromatic carbocycles. The zero-order chi connectivity index (χ0) is 9.80. The molecule has 0 aliphatic rings. The number of nitrogens with two attached hydrogens (primary N) is 1. The van der Waals surface area contributed by atoms with Crippen LogP contribution < -0.4 is 5.73 Å². The zero-order valence-electron chi connectivity index (χ0n) is 7.80. The number of benzene rings is 1. The minimum absolute atomic E-state index is 0.683. The van der Waals surface area contributed by atoms with Crippen LogP contribution in [0.2, 0.25) is 0 Å². The van der Waals surface area contributed by atoms with Gasteiger partial charge in [-0.2, -0.15) is 5.10 Å². The van der Waals surface area contributed by atoms with E-state index >= 15 is 0 Å². The normalized spacial score (nSPS) is 10.4. The minimum atomic E-state index is 0.683. The Morgan fingerprint density at radius 2 is 2.00 bits per heavy atom. The highest BCUT2D eigenvalue weighted by molar-refractivity contribution is 5.33. The molecule has 0 unspecified atom stereocenters. The van der Waals surface area contributed by atoms with Crippen molar-refractivity contribution in [3.63, 3.8) is 0 Å². The first-order chi connectivity index (χ1) is 6.90. The second-order valence-corrected chi connectivity index (χ2v) is 3.05. The Hall–Kier alpha value is -1.68. The first-order valence-electron chi connectivity index (χ1n) is 4.54. The number of hydrogen-bond acceptors (Lipinski definition) is 3. The van der Waals surface area contributed by atoms with Gasteiger partial charge in [0.15, 0.2) is 0 Å². The van der Waals surface area contributed by atoms with Crippen LogP contribution in [-0.4, -0.2) is 21.3 Å². The lowest BCUT2D eigenvalue weighted by Crippen LogP contribution is -2.02. The highest BCUT2D eigenvalue weighted by atomic mass is 15.3. The summed E-state index contributed by atoms with van der Waals surface area (Å²) in [6.07, 6.45) is 4.11. The smallest absolute Gasteiger partial charge is 0.138 e. The molecule has 72 valence electrons. The van der Waals surface area contributed by atoms with Crippen LogP contribution in [-0.2, 0) is 6.42 Å². The van der Waals surface area contributed by atoms with E-state index in [1.165, 1.54) is 11.9 Å². The Morgan fingerprint density at radius 1 is 1.21 bits per heavy atom. The molecule has 0 aliphatic heterocycles. The number of aromatic nitrogens is 3. The van der Waals surface area contributed by atoms with E-state index in [1.54, 1.807) is 11.0 Å². The van der Waals surface area contributed by atoms with Gasteiger partial charge in [-0.25, -0.2) is 9.67 Å². The summed E-state index contributed by atoms with van der Waals surface area (Å²) in [6, 6.07) is 8.15. The molecule has 2 N–H and O–H groups in total. The Labute approximate surface area is 82.4 Å². The Balaban J connectivity index is 2.22. The van der Waals surface area contributed by atoms with Crippen molar-refractivity contribution in [2.24, 2.45) is 5.73 Å². The molecule has 0 spiro atoms. The van der Waals surface area contributed by atoms with E-state index in [-0.39, 0.29) is 0 Å². The average molecular weight is 188 g/mol. The van der Waals surface area contributed by atoms with Gasteiger partial charge in [0.2, 0.25) is 0 Å². The number of hydrogen-bond donors (Lipinski definition) is 1. The highest BCUT2D eigenvalue weighted by Gasteiger charge is 1.96. The van der Waals surface area contributed by atoms with Crippen molar-refractivity contribution >= 4 is 0 Å². The summed E-state index contributed by atoms with van der Waals surface area (Å²) >= 11 is 0. The summed E-state index contributed by atoms with van der Waals surface area (Å²) < 4.78 is 1.73. The summed E-state index contributed by atoms with van der Waals surface area (Å²) in [4.78, 5) is 3.89. The number of rotatable bonds is 3. The molecule has 0 amide bonds. The van der Waals surface area contributed by atoms with Crippen molar-refractivity contribution in [3.8, 4) is 5.69 Å². The molecule has 0 saturated carbocycles. The topological polar surface area (TPSA) is 56.7 Å². The van der Waals surface area contributed by atoms with Crippen molar-refractivity contribution in [3.05, 3.63) is 42.5 Å². The average Bonchev–Trinajstić information content (AvgIpc) is 2.72. The molecule has 0 radical (unpaired) electrons. The predicted octanol–water partition coefficient (Wildman–Crippen LogP) is 0.768. The molecular weight excluding hydrogens is 176 g/mol. The molecule has 2 rings (SSSR count). The van der Waals surface area contributed by atoms with Crippen LogP contribution in [0.3, 0.4) is 0 Å². The molecule has 0 fully saturated rings. The molecule has 4 nitrogen and oxygen atoms in total. The maximum absolute atomic E-state index is 5.47. The standard InChI is InChI=1S/C10H12N4/c11-6-5-9-1-3-10(4-2-9)14-8-12-7-13-14/h1-4,7-8H,5-6,11H2. The van der Waals surface area contributed by atoms with E-state index in [0.29, 0.717) is 6.54 Å². The van der Waals surface area contributed by atoms with Gasteiger partial charge in [-0.15, -0.1) is 0 Å². The second kappa shape index (κ2) is 4.02. The molecular formula is C10H12N4. The van der Waals surface area contributed by atoms with Crippen LogP contribution >= 0.6 is 0 Å². The van der Waals surface area contributed by atoms with Crippen LogP contribution in [0.25, 0.3) is 5.69 Å². The van der Waals surface area contributed by atoms with Gasteiger partial charge in [-0.3, -0.25) is 0 Å². The van der Waals surface area contributed by atoms with E-state index in [1.807, 2.05) is 12.1 Å². The highest BCUT2D eigenvalue weighted by Crippen LogP contribution is 2.07. The van der Waals surface area contributed by atoms with Crippen LogP contribution in [0.15, 0.2) is 36.9 Å². The molecule has 0 bridgehead atoms. The van der Waals surface area contributed by atoms with Gasteiger partial charge in [0, 0.05) is 0 Å². The second-order valence-electron chi connectivity index (χ2n) is 3.05.